The van der Waals surface area contributed by atoms with E-state index in [2.05, 4.69) is 5.32 Å². The number of ether oxygens (including phenoxy) is 2. The number of allylic oxidation sites excluding steroid dienone is 1. The van der Waals surface area contributed by atoms with Crippen LogP contribution in [0.25, 0.3) is 0 Å². The molecule has 1 aliphatic heterocycles. The smallest absolute Gasteiger partial charge is 0.336 e. The van der Waals surface area contributed by atoms with E-state index in [0.29, 0.717) is 28.3 Å². The van der Waals surface area contributed by atoms with Crippen LogP contribution in [0.3, 0.4) is 0 Å². The number of aliphatic hydroxyl groups excluding tert-OH is 1. The second kappa shape index (κ2) is 8.74. The van der Waals surface area contributed by atoms with Gasteiger partial charge in [0.1, 0.15) is 0 Å². The molecule has 0 aromatic heterocycles. The number of carbonyl (C=O) groups is 2. The first-order valence-corrected chi connectivity index (χ1v) is 7.92. The van der Waals surface area contributed by atoms with Crippen molar-refractivity contribution < 1.29 is 24.2 Å². The maximum atomic E-state index is 12.0. The van der Waals surface area contributed by atoms with E-state index >= 15 is 0 Å². The third-order valence-electron chi connectivity index (χ3n) is 2.89. The van der Waals surface area contributed by atoms with Crippen LogP contribution in [-0.2, 0) is 19.1 Å². The molecule has 0 aliphatic carbocycles. The number of dihydropyridines is 1. The molecule has 0 saturated carbocycles. The third kappa shape index (κ3) is 4.78. The van der Waals surface area contributed by atoms with Gasteiger partial charge in [-0.2, -0.15) is 0 Å². The molecule has 0 unspecified atom stereocenters. The second-order valence-corrected chi connectivity index (χ2v) is 5.24. The quantitative estimate of drug-likeness (QED) is 0.541. The Balaban J connectivity index is 2.99. The highest BCUT2D eigenvalue weighted by Crippen LogP contribution is 2.26. The fourth-order valence-electron chi connectivity index (χ4n) is 1.92. The topological polar surface area (TPSA) is 84.9 Å². The van der Waals surface area contributed by atoms with Crippen LogP contribution in [0.5, 0.6) is 0 Å². The largest absolute Gasteiger partial charge is 0.463 e. The first-order chi connectivity index (χ1) is 10.0. The normalized spacial score (nSPS) is 14.9. The van der Waals surface area contributed by atoms with Gasteiger partial charge in [0.25, 0.3) is 0 Å². The van der Waals surface area contributed by atoms with Crippen molar-refractivity contribution in [3.05, 3.63) is 22.5 Å². The van der Waals surface area contributed by atoms with Gasteiger partial charge in [-0.3, -0.25) is 0 Å². The Morgan fingerprint density at radius 3 is 2.29 bits per heavy atom. The number of thioether (sulfide) groups is 1. The molecule has 2 N–H and O–H groups in total. The minimum absolute atomic E-state index is 0.0468. The van der Waals surface area contributed by atoms with Crippen molar-refractivity contribution in [3.8, 4) is 0 Å². The van der Waals surface area contributed by atoms with Gasteiger partial charge in [0, 0.05) is 23.6 Å². The van der Waals surface area contributed by atoms with Crippen LogP contribution in [0.15, 0.2) is 22.5 Å². The van der Waals surface area contributed by atoms with Crippen molar-refractivity contribution in [1.29, 1.82) is 0 Å². The maximum absolute atomic E-state index is 12.0. The van der Waals surface area contributed by atoms with Gasteiger partial charge in [0.2, 0.25) is 0 Å². The summed E-state index contributed by atoms with van der Waals surface area (Å²) in [4.78, 5) is 24.0. The van der Waals surface area contributed by atoms with E-state index in [4.69, 9.17) is 14.6 Å². The van der Waals surface area contributed by atoms with E-state index in [9.17, 15) is 9.59 Å². The zero-order valence-electron chi connectivity index (χ0n) is 12.5. The van der Waals surface area contributed by atoms with Gasteiger partial charge >= 0.3 is 11.9 Å². The van der Waals surface area contributed by atoms with E-state index in [1.807, 2.05) is 0 Å². The lowest BCUT2D eigenvalue weighted by Crippen LogP contribution is -2.29. The molecule has 0 atom stereocenters. The molecule has 0 aromatic rings. The molecule has 1 aliphatic rings. The van der Waals surface area contributed by atoms with E-state index in [0.717, 1.165) is 0 Å². The molecule has 0 spiro atoms. The predicted octanol–water partition coefficient (Wildman–Crippen LogP) is 1.32. The molecule has 0 fully saturated rings. The summed E-state index contributed by atoms with van der Waals surface area (Å²) < 4.78 is 10.0. The highest BCUT2D eigenvalue weighted by molar-refractivity contribution is 7.99. The van der Waals surface area contributed by atoms with Crippen molar-refractivity contribution in [2.24, 2.45) is 0 Å². The number of hydrogen-bond acceptors (Lipinski definition) is 7. The average molecular weight is 315 g/mol. The predicted molar refractivity (Wildman–Crippen MR) is 80.3 cm³/mol. The van der Waals surface area contributed by atoms with Crippen LogP contribution in [0.4, 0.5) is 0 Å². The first-order valence-electron chi connectivity index (χ1n) is 6.76. The molecule has 0 radical (unpaired) electrons. The van der Waals surface area contributed by atoms with Gasteiger partial charge in [0.15, 0.2) is 0 Å². The highest BCUT2D eigenvalue weighted by atomic mass is 32.2. The Bertz CT molecular complexity index is 470. The third-order valence-corrected chi connectivity index (χ3v) is 3.57. The van der Waals surface area contributed by atoms with Crippen LogP contribution in [0.1, 0.15) is 27.2 Å². The Hall–Kier alpha value is -1.47. The Kier molecular flexibility index (Phi) is 7.31. The molecule has 0 bridgehead atoms. The lowest BCUT2D eigenvalue weighted by atomic mass is 9.98. The molecule has 1 heterocycles. The van der Waals surface area contributed by atoms with Crippen molar-refractivity contribution in [3.63, 3.8) is 0 Å². The summed E-state index contributed by atoms with van der Waals surface area (Å²) in [6.45, 7) is 5.76. The van der Waals surface area contributed by atoms with Gasteiger partial charge in [-0.15, -0.1) is 11.8 Å². The van der Waals surface area contributed by atoms with E-state index in [-0.39, 0.29) is 25.6 Å². The lowest BCUT2D eigenvalue weighted by molar-refractivity contribution is -0.139. The fourth-order valence-corrected chi connectivity index (χ4v) is 2.46. The number of aliphatic hydroxyl groups is 1. The summed E-state index contributed by atoms with van der Waals surface area (Å²) in [6, 6.07) is 0. The summed E-state index contributed by atoms with van der Waals surface area (Å²) in [6.07, 6.45) is 0.178. The molecule has 7 heteroatoms. The minimum Gasteiger partial charge on any atom is -0.463 e. The minimum atomic E-state index is -0.451. The maximum Gasteiger partial charge on any atom is 0.336 e. The number of rotatable bonds is 7. The summed E-state index contributed by atoms with van der Waals surface area (Å²) in [5.74, 6) is -0.488. The number of nitrogens with one attached hydrogen (secondary N) is 1. The van der Waals surface area contributed by atoms with E-state index in [1.165, 1.54) is 11.8 Å². The fraction of sp³-hybridized carbons (Fsp3) is 0.571. The van der Waals surface area contributed by atoms with Crippen LogP contribution < -0.4 is 5.32 Å². The van der Waals surface area contributed by atoms with E-state index in [1.54, 1.807) is 20.8 Å². The summed E-state index contributed by atoms with van der Waals surface area (Å²) in [5.41, 5.74) is 2.16. The molecule has 21 heavy (non-hydrogen) atoms. The molecule has 1 rings (SSSR count). The summed E-state index contributed by atoms with van der Waals surface area (Å²) >= 11 is 1.26. The first kappa shape index (κ1) is 17.6. The SMILES string of the molecule is CCOC(=O)C1=C(C)NC(CSCO)=C(C(=O)OCC)C1. The molecule has 118 valence electrons. The van der Waals surface area contributed by atoms with Crippen molar-refractivity contribution >= 4 is 23.7 Å². The molecular weight excluding hydrogens is 294 g/mol. The van der Waals surface area contributed by atoms with Crippen molar-refractivity contribution in [2.45, 2.75) is 27.2 Å². The van der Waals surface area contributed by atoms with Gasteiger partial charge in [-0.25, -0.2) is 9.59 Å². The molecule has 0 aromatic carbocycles. The van der Waals surface area contributed by atoms with E-state index < -0.39 is 11.9 Å². The lowest BCUT2D eigenvalue weighted by Gasteiger charge is -2.24. The molecule has 0 amide bonds. The Morgan fingerprint density at radius 1 is 1.19 bits per heavy atom. The summed E-state index contributed by atoms with van der Waals surface area (Å²) in [7, 11) is 0. The number of esters is 2. The number of carbonyl (C=O) groups excluding carboxylic acids is 2. The van der Waals surface area contributed by atoms with Gasteiger partial charge in [-0.05, 0) is 20.8 Å². The Morgan fingerprint density at radius 2 is 1.76 bits per heavy atom. The molecular formula is C14H21NO5S. The monoisotopic (exact) mass is 315 g/mol. The van der Waals surface area contributed by atoms with Gasteiger partial charge in [-0.1, -0.05) is 0 Å². The highest BCUT2D eigenvalue weighted by Gasteiger charge is 2.28. The van der Waals surface area contributed by atoms with Crippen molar-refractivity contribution in [2.75, 3.05) is 24.9 Å². The molecule has 6 nitrogen and oxygen atoms in total. The zero-order chi connectivity index (χ0) is 15.8. The zero-order valence-corrected chi connectivity index (χ0v) is 13.3. The Labute approximate surface area is 128 Å². The standard InChI is InChI=1S/C14H21NO5S/c1-4-19-13(17)10-6-11(14(18)20-5-2)12(7-21-8-16)15-9(10)3/h15-16H,4-8H2,1-3H3. The molecule has 0 saturated heterocycles. The second-order valence-electron chi connectivity index (χ2n) is 4.28. The van der Waals surface area contributed by atoms with Crippen LogP contribution in [-0.4, -0.2) is 42.0 Å². The van der Waals surface area contributed by atoms with Crippen LogP contribution in [0.2, 0.25) is 0 Å². The van der Waals surface area contributed by atoms with Crippen LogP contribution >= 0.6 is 11.8 Å². The van der Waals surface area contributed by atoms with Gasteiger partial charge in [0.05, 0.1) is 30.3 Å². The number of hydrogen-bond donors (Lipinski definition) is 2. The average Bonchev–Trinajstić information content (AvgIpc) is 2.45. The summed E-state index contributed by atoms with van der Waals surface area (Å²) in [5, 5.41) is 12.0. The van der Waals surface area contributed by atoms with Crippen molar-refractivity contribution in [1.82, 2.24) is 5.32 Å². The van der Waals surface area contributed by atoms with Crippen LogP contribution in [0, 0.1) is 0 Å². The van der Waals surface area contributed by atoms with Gasteiger partial charge < -0.3 is 19.9 Å².